The van der Waals surface area contributed by atoms with Crippen LogP contribution >= 0.6 is 33.9 Å². The van der Waals surface area contributed by atoms with Crippen LogP contribution in [-0.2, 0) is 13.8 Å². The largest absolute Gasteiger partial charge is 0.490 e. The maximum absolute atomic E-state index is 10.6. The van der Waals surface area contributed by atoms with Crippen molar-refractivity contribution >= 4 is 42.9 Å². The monoisotopic (exact) mass is 332 g/mol. The van der Waals surface area contributed by atoms with Gasteiger partial charge in [0.05, 0.1) is 24.0 Å². The summed E-state index contributed by atoms with van der Waals surface area (Å²) >= 11 is 11.7. The van der Waals surface area contributed by atoms with Gasteiger partial charge in [0, 0.05) is 21.8 Å². The molecule has 0 N–H and O–H groups in total. The lowest BCUT2D eigenvalue weighted by Crippen LogP contribution is -2.12. The van der Waals surface area contributed by atoms with Gasteiger partial charge in [0.2, 0.25) is 9.05 Å². The molecule has 102 valence electrons. The molecule has 0 heterocycles. The van der Waals surface area contributed by atoms with Gasteiger partial charge in [-0.25, -0.2) is 8.42 Å². The van der Waals surface area contributed by atoms with Crippen molar-refractivity contribution in [2.24, 2.45) is 0 Å². The second kappa shape index (κ2) is 7.40. The highest BCUT2D eigenvalue weighted by Gasteiger charge is 2.05. The molecule has 0 bridgehead atoms. The number of hydrogen-bond donors (Lipinski definition) is 0. The van der Waals surface area contributed by atoms with Crippen molar-refractivity contribution in [1.82, 2.24) is 0 Å². The molecule has 8 heteroatoms. The molecule has 0 aliphatic heterocycles. The second-order valence-electron chi connectivity index (χ2n) is 3.28. The molecule has 1 aromatic rings. The normalized spacial score (nSPS) is 11.5. The minimum absolute atomic E-state index is 0.0263. The predicted octanol–water partition coefficient (Wildman–Crippen LogP) is 2.96. The maximum Gasteiger partial charge on any atom is 0.234 e. The Morgan fingerprint density at radius 1 is 1.11 bits per heavy atom. The van der Waals surface area contributed by atoms with Gasteiger partial charge in [-0.3, -0.25) is 0 Å². The first-order valence-electron chi connectivity index (χ1n) is 4.96. The van der Waals surface area contributed by atoms with E-state index in [1.807, 2.05) is 0 Å². The van der Waals surface area contributed by atoms with Crippen molar-refractivity contribution in [3.05, 3.63) is 28.2 Å². The Kier molecular flexibility index (Phi) is 6.52. The first kappa shape index (κ1) is 15.9. The third-order valence-electron chi connectivity index (χ3n) is 1.85. The van der Waals surface area contributed by atoms with E-state index in [9.17, 15) is 8.42 Å². The number of rotatable bonds is 7. The molecule has 0 saturated heterocycles. The van der Waals surface area contributed by atoms with Crippen LogP contribution < -0.4 is 4.74 Å². The zero-order valence-electron chi connectivity index (χ0n) is 9.24. The van der Waals surface area contributed by atoms with E-state index in [0.717, 1.165) is 0 Å². The predicted molar refractivity (Wildman–Crippen MR) is 72.4 cm³/mol. The Morgan fingerprint density at radius 3 is 2.50 bits per heavy atom. The van der Waals surface area contributed by atoms with Gasteiger partial charge in [-0.1, -0.05) is 23.2 Å². The van der Waals surface area contributed by atoms with Crippen molar-refractivity contribution in [2.45, 2.75) is 0 Å². The zero-order chi connectivity index (χ0) is 13.6. The van der Waals surface area contributed by atoms with E-state index < -0.39 is 9.05 Å². The van der Waals surface area contributed by atoms with E-state index in [0.29, 0.717) is 15.8 Å². The van der Waals surface area contributed by atoms with E-state index in [4.69, 9.17) is 43.4 Å². The van der Waals surface area contributed by atoms with Gasteiger partial charge in [-0.05, 0) is 12.1 Å². The van der Waals surface area contributed by atoms with Crippen molar-refractivity contribution < 1.29 is 17.9 Å². The fraction of sp³-hybridized carbons (Fsp3) is 0.400. The smallest absolute Gasteiger partial charge is 0.234 e. The van der Waals surface area contributed by atoms with Crippen LogP contribution in [0.1, 0.15) is 0 Å². The van der Waals surface area contributed by atoms with Crippen molar-refractivity contribution in [3.63, 3.8) is 0 Å². The Hall–Kier alpha value is -0.200. The quantitative estimate of drug-likeness (QED) is 0.568. The summed E-state index contributed by atoms with van der Waals surface area (Å²) in [7, 11) is 1.50. The van der Waals surface area contributed by atoms with Crippen LogP contribution in [0.5, 0.6) is 5.75 Å². The molecule has 0 aromatic heterocycles. The first-order chi connectivity index (χ1) is 8.38. The number of halogens is 3. The van der Waals surface area contributed by atoms with Gasteiger partial charge in [0.1, 0.15) is 12.4 Å². The van der Waals surface area contributed by atoms with Crippen LogP contribution in [-0.4, -0.2) is 34.0 Å². The first-order valence-corrected chi connectivity index (χ1v) is 8.20. The summed E-state index contributed by atoms with van der Waals surface area (Å²) in [6, 6.07) is 4.87. The van der Waals surface area contributed by atoms with E-state index >= 15 is 0 Å². The molecule has 0 fully saturated rings. The van der Waals surface area contributed by atoms with E-state index in [1.54, 1.807) is 18.2 Å². The summed E-state index contributed by atoms with van der Waals surface area (Å²) in [5, 5.41) is 0.964. The highest BCUT2D eigenvalue weighted by atomic mass is 35.7. The van der Waals surface area contributed by atoms with Crippen molar-refractivity contribution in [1.29, 1.82) is 0 Å². The van der Waals surface area contributed by atoms with Crippen LogP contribution in [0.3, 0.4) is 0 Å². The van der Waals surface area contributed by atoms with Gasteiger partial charge >= 0.3 is 0 Å². The summed E-state index contributed by atoms with van der Waals surface area (Å²) in [4.78, 5) is 0. The molecule has 0 spiro atoms. The fourth-order valence-corrected chi connectivity index (χ4v) is 1.90. The minimum Gasteiger partial charge on any atom is -0.490 e. The van der Waals surface area contributed by atoms with E-state index in [-0.39, 0.29) is 25.6 Å². The Balaban J connectivity index is 2.24. The molecule has 0 aliphatic rings. The lowest BCUT2D eigenvalue weighted by molar-refractivity contribution is 0.111. The van der Waals surface area contributed by atoms with Crippen LogP contribution in [0.15, 0.2) is 18.2 Å². The zero-order valence-corrected chi connectivity index (χ0v) is 12.3. The lowest BCUT2D eigenvalue weighted by atomic mass is 10.3. The Bertz CT molecular complexity index is 490. The van der Waals surface area contributed by atoms with Gasteiger partial charge in [0.15, 0.2) is 0 Å². The maximum atomic E-state index is 10.6. The van der Waals surface area contributed by atoms with E-state index in [2.05, 4.69) is 0 Å². The summed E-state index contributed by atoms with van der Waals surface area (Å²) in [5.41, 5.74) is 0. The molecule has 1 aromatic carbocycles. The summed E-state index contributed by atoms with van der Waals surface area (Å²) < 4.78 is 31.5. The summed E-state index contributed by atoms with van der Waals surface area (Å²) in [6.07, 6.45) is 0. The molecule has 1 rings (SSSR count). The molecule has 0 aliphatic carbocycles. The molecule has 4 nitrogen and oxygen atoms in total. The van der Waals surface area contributed by atoms with Gasteiger partial charge in [-0.15, -0.1) is 0 Å². The molecule has 0 saturated carbocycles. The van der Waals surface area contributed by atoms with Gasteiger partial charge in [-0.2, -0.15) is 0 Å². The fourth-order valence-electron chi connectivity index (χ4n) is 1.06. The topological polar surface area (TPSA) is 52.6 Å². The standard InChI is InChI=1S/C10H11Cl3O4S/c11-8-1-2-9(12)10(7-8)17-4-3-16-5-6-18(13,14)15/h1-2,7H,3-6H2. The van der Waals surface area contributed by atoms with Gasteiger partial charge in [0.25, 0.3) is 0 Å². The van der Waals surface area contributed by atoms with Crippen LogP contribution in [0, 0.1) is 0 Å². The minimum atomic E-state index is -3.51. The van der Waals surface area contributed by atoms with Crippen molar-refractivity contribution in [2.75, 3.05) is 25.6 Å². The highest BCUT2D eigenvalue weighted by molar-refractivity contribution is 8.13. The van der Waals surface area contributed by atoms with Crippen LogP contribution in [0.2, 0.25) is 10.0 Å². The summed E-state index contributed by atoms with van der Waals surface area (Å²) in [6.45, 7) is 0.496. The molecule has 0 radical (unpaired) electrons. The molecular weight excluding hydrogens is 323 g/mol. The molecule has 0 unspecified atom stereocenters. The highest BCUT2D eigenvalue weighted by Crippen LogP contribution is 2.27. The number of ether oxygens (including phenoxy) is 2. The molecular formula is C10H11Cl3O4S. The average molecular weight is 334 g/mol. The van der Waals surface area contributed by atoms with Gasteiger partial charge < -0.3 is 9.47 Å². The third kappa shape index (κ3) is 6.66. The SMILES string of the molecule is O=S(=O)(Cl)CCOCCOc1cc(Cl)ccc1Cl. The third-order valence-corrected chi connectivity index (χ3v) is 3.51. The van der Waals surface area contributed by atoms with Crippen LogP contribution in [0.4, 0.5) is 0 Å². The Morgan fingerprint density at radius 2 is 1.83 bits per heavy atom. The molecule has 0 atom stereocenters. The summed E-state index contributed by atoms with van der Waals surface area (Å²) in [5.74, 6) is 0.227. The average Bonchev–Trinajstić information content (AvgIpc) is 2.26. The number of hydrogen-bond acceptors (Lipinski definition) is 4. The van der Waals surface area contributed by atoms with Crippen LogP contribution in [0.25, 0.3) is 0 Å². The second-order valence-corrected chi connectivity index (χ2v) is 7.02. The molecule has 0 amide bonds. The Labute approximate surface area is 120 Å². The van der Waals surface area contributed by atoms with Crippen molar-refractivity contribution in [3.8, 4) is 5.75 Å². The molecule has 18 heavy (non-hydrogen) atoms. The number of benzene rings is 1. The van der Waals surface area contributed by atoms with E-state index in [1.165, 1.54) is 0 Å². The lowest BCUT2D eigenvalue weighted by Gasteiger charge is -2.08.